The van der Waals surface area contributed by atoms with Gasteiger partial charge in [0, 0.05) is 6.92 Å². The lowest BCUT2D eigenvalue weighted by Crippen LogP contribution is -3.00. The number of nitriles is 1. The molecule has 1 unspecified atom stereocenters. The molecule has 0 saturated heterocycles. The molecule has 0 aliphatic carbocycles. The molecule has 0 amide bonds. The first-order valence-electron chi connectivity index (χ1n) is 5.46. The molecule has 0 N–H and O–H groups in total. The lowest BCUT2D eigenvalue weighted by molar-refractivity contribution is -0.964. The molecule has 0 bridgehead atoms. The Morgan fingerprint density at radius 2 is 1.75 bits per heavy atom. The average molecular weight is 249 g/mol. The van der Waals surface area contributed by atoms with Crippen LogP contribution in [0.1, 0.15) is 34.1 Å². The molecule has 0 aliphatic rings. The molecule has 0 saturated carbocycles. The smallest absolute Gasteiger partial charge is 0.307 e. The van der Waals surface area contributed by atoms with E-state index in [-0.39, 0.29) is 31.0 Å². The van der Waals surface area contributed by atoms with Crippen LogP contribution >= 0.6 is 0 Å². The molecule has 0 fully saturated rings. The van der Waals surface area contributed by atoms with Gasteiger partial charge in [0.15, 0.2) is 0 Å². The number of carbonyl (C=O) groups is 1. The van der Waals surface area contributed by atoms with Gasteiger partial charge in [0.1, 0.15) is 6.42 Å². The number of esters is 1. The van der Waals surface area contributed by atoms with Crippen LogP contribution in [0, 0.1) is 11.3 Å². The molecule has 4 nitrogen and oxygen atoms in total. The fourth-order valence-corrected chi connectivity index (χ4v) is 1.90. The van der Waals surface area contributed by atoms with E-state index in [2.05, 4.69) is 26.8 Å². The fraction of sp³-hybridized carbons (Fsp3) is 0.818. The van der Waals surface area contributed by atoms with Crippen molar-refractivity contribution in [2.45, 2.75) is 40.3 Å². The first-order valence-corrected chi connectivity index (χ1v) is 5.46. The van der Waals surface area contributed by atoms with Crippen molar-refractivity contribution < 1.29 is 26.4 Å². The second-order valence-corrected chi connectivity index (χ2v) is 3.59. The molecular formula is C11H21ClN2O2. The van der Waals surface area contributed by atoms with E-state index in [1.165, 1.54) is 6.92 Å². The van der Waals surface area contributed by atoms with Gasteiger partial charge in [0.25, 0.3) is 0 Å². The van der Waals surface area contributed by atoms with Gasteiger partial charge in [0.05, 0.1) is 25.7 Å². The Bertz CT molecular complexity index is 239. The molecule has 94 valence electrons. The third kappa shape index (κ3) is 4.38. The third-order valence-electron chi connectivity index (χ3n) is 3.07. The van der Waals surface area contributed by atoms with Crippen molar-refractivity contribution in [3.8, 4) is 6.07 Å². The standard InChI is InChI=1S/C11H21N2O2.ClH/c1-5-13(6-2,7-3)11(8-9-12)15-10(4)14;/h11H,5-8H2,1-4H3;1H/q+1;/p-1. The van der Waals surface area contributed by atoms with Gasteiger partial charge in [-0.25, -0.2) is 0 Å². The zero-order valence-corrected chi connectivity index (χ0v) is 11.3. The summed E-state index contributed by atoms with van der Waals surface area (Å²) in [5, 5.41) is 8.75. The third-order valence-corrected chi connectivity index (χ3v) is 3.07. The SMILES string of the molecule is CC[N+](CC)(CC)C(CC#N)OC(C)=O.[Cl-]. The van der Waals surface area contributed by atoms with Crippen LogP contribution in [0.15, 0.2) is 0 Å². The predicted molar refractivity (Wildman–Crippen MR) is 57.7 cm³/mol. The summed E-state index contributed by atoms with van der Waals surface area (Å²) in [7, 11) is 0. The maximum Gasteiger partial charge on any atom is 0.307 e. The van der Waals surface area contributed by atoms with E-state index in [0.717, 1.165) is 19.6 Å². The van der Waals surface area contributed by atoms with Gasteiger partial charge >= 0.3 is 5.97 Å². The summed E-state index contributed by atoms with van der Waals surface area (Å²) in [6.45, 7) is 10.2. The van der Waals surface area contributed by atoms with Gasteiger partial charge in [-0.15, -0.1) is 0 Å². The summed E-state index contributed by atoms with van der Waals surface area (Å²) in [5.41, 5.74) is 0. The van der Waals surface area contributed by atoms with Crippen LogP contribution < -0.4 is 12.4 Å². The molecule has 0 aliphatic heterocycles. The van der Waals surface area contributed by atoms with E-state index < -0.39 is 0 Å². The molecule has 0 spiro atoms. The molecule has 0 rings (SSSR count). The second-order valence-electron chi connectivity index (χ2n) is 3.59. The molecule has 1 atom stereocenters. The zero-order chi connectivity index (χ0) is 11.9. The number of nitrogens with zero attached hydrogens (tertiary/aromatic N) is 2. The Kier molecular flexibility index (Phi) is 9.21. The molecule has 0 radical (unpaired) electrons. The zero-order valence-electron chi connectivity index (χ0n) is 10.5. The Hall–Kier alpha value is -0.790. The fourth-order valence-electron chi connectivity index (χ4n) is 1.90. The normalized spacial score (nSPS) is 12.2. The molecule has 0 aromatic heterocycles. The van der Waals surface area contributed by atoms with Crippen LogP contribution in [0.5, 0.6) is 0 Å². The van der Waals surface area contributed by atoms with Gasteiger partial charge in [-0.3, -0.25) is 9.28 Å². The van der Waals surface area contributed by atoms with Crippen molar-refractivity contribution in [1.29, 1.82) is 5.26 Å². The summed E-state index contributed by atoms with van der Waals surface area (Å²) in [6.07, 6.45) is -0.0674. The van der Waals surface area contributed by atoms with Gasteiger partial charge < -0.3 is 17.1 Å². The van der Waals surface area contributed by atoms with E-state index in [1.54, 1.807) is 0 Å². The van der Waals surface area contributed by atoms with Crippen molar-refractivity contribution in [3.05, 3.63) is 0 Å². The molecule has 0 heterocycles. The van der Waals surface area contributed by atoms with Crippen molar-refractivity contribution in [1.82, 2.24) is 0 Å². The first kappa shape index (κ1) is 17.6. The molecule has 5 heteroatoms. The largest absolute Gasteiger partial charge is 1.00 e. The number of hydrogen-bond donors (Lipinski definition) is 0. The summed E-state index contributed by atoms with van der Waals surface area (Å²) in [4.78, 5) is 11.0. The van der Waals surface area contributed by atoms with Crippen LogP contribution in [-0.4, -0.2) is 36.3 Å². The van der Waals surface area contributed by atoms with Gasteiger partial charge in [-0.1, -0.05) is 0 Å². The lowest BCUT2D eigenvalue weighted by Gasteiger charge is -2.40. The molecule has 16 heavy (non-hydrogen) atoms. The summed E-state index contributed by atoms with van der Waals surface area (Å²) in [5.74, 6) is -0.312. The van der Waals surface area contributed by atoms with Gasteiger partial charge in [-0.05, 0) is 20.8 Å². The van der Waals surface area contributed by atoms with Crippen molar-refractivity contribution in [3.63, 3.8) is 0 Å². The van der Waals surface area contributed by atoms with Crippen LogP contribution in [0.4, 0.5) is 0 Å². The highest BCUT2D eigenvalue weighted by atomic mass is 35.5. The Labute approximate surface area is 104 Å². The minimum absolute atomic E-state index is 0. The molecule has 0 aromatic carbocycles. The highest BCUT2D eigenvalue weighted by molar-refractivity contribution is 5.66. The van der Waals surface area contributed by atoms with Crippen LogP contribution in [0.25, 0.3) is 0 Å². The Morgan fingerprint density at radius 3 is 2.00 bits per heavy atom. The summed E-state index contributed by atoms with van der Waals surface area (Å²) < 4.78 is 5.90. The Balaban J connectivity index is 0. The van der Waals surface area contributed by atoms with Crippen LogP contribution in [0.2, 0.25) is 0 Å². The molecular weight excluding hydrogens is 228 g/mol. The van der Waals surface area contributed by atoms with Gasteiger partial charge in [-0.2, -0.15) is 5.26 Å². The number of ether oxygens (including phenoxy) is 1. The topological polar surface area (TPSA) is 50.1 Å². The van der Waals surface area contributed by atoms with Crippen molar-refractivity contribution in [2.75, 3.05) is 19.6 Å². The summed E-state index contributed by atoms with van der Waals surface area (Å²) >= 11 is 0. The quantitative estimate of drug-likeness (QED) is 0.333. The molecule has 0 aromatic rings. The average Bonchev–Trinajstić information content (AvgIpc) is 2.21. The minimum Gasteiger partial charge on any atom is -1.00 e. The Morgan fingerprint density at radius 1 is 1.31 bits per heavy atom. The van der Waals surface area contributed by atoms with E-state index in [1.807, 2.05) is 0 Å². The van der Waals surface area contributed by atoms with Crippen molar-refractivity contribution in [2.24, 2.45) is 0 Å². The second kappa shape index (κ2) is 8.37. The minimum atomic E-state index is -0.326. The van der Waals surface area contributed by atoms with E-state index in [9.17, 15) is 4.79 Å². The van der Waals surface area contributed by atoms with E-state index >= 15 is 0 Å². The monoisotopic (exact) mass is 248 g/mol. The number of rotatable bonds is 6. The highest BCUT2D eigenvalue weighted by Crippen LogP contribution is 2.17. The van der Waals surface area contributed by atoms with Crippen LogP contribution in [0.3, 0.4) is 0 Å². The maximum absolute atomic E-state index is 11.0. The number of hydrogen-bond acceptors (Lipinski definition) is 3. The first-order chi connectivity index (χ1) is 7.06. The van der Waals surface area contributed by atoms with E-state index in [4.69, 9.17) is 10.00 Å². The lowest BCUT2D eigenvalue weighted by atomic mass is 10.2. The van der Waals surface area contributed by atoms with Gasteiger partial charge in [0.2, 0.25) is 6.23 Å². The van der Waals surface area contributed by atoms with Crippen molar-refractivity contribution >= 4 is 5.97 Å². The van der Waals surface area contributed by atoms with E-state index in [0.29, 0.717) is 4.48 Å². The maximum atomic E-state index is 11.0. The predicted octanol–water partition coefficient (Wildman–Crippen LogP) is -1.33. The van der Waals surface area contributed by atoms with Crippen LogP contribution in [-0.2, 0) is 9.53 Å². The number of halogens is 1. The number of carbonyl (C=O) groups excluding carboxylic acids is 1. The summed E-state index contributed by atoms with van der Waals surface area (Å²) in [6, 6.07) is 2.09. The highest BCUT2D eigenvalue weighted by Gasteiger charge is 2.34. The number of quaternary nitrogens is 1.